The fraction of sp³-hybridized carbons (Fsp3) is 0.400. The van der Waals surface area contributed by atoms with Gasteiger partial charge in [0.15, 0.2) is 11.5 Å². The molecule has 3 aromatic heterocycles. The number of benzene rings is 1. The lowest BCUT2D eigenvalue weighted by atomic mass is 9.93. The van der Waals surface area contributed by atoms with Crippen molar-refractivity contribution in [1.82, 2.24) is 34.6 Å². The van der Waals surface area contributed by atoms with Crippen LogP contribution in [-0.2, 0) is 18.4 Å². The molecule has 9 nitrogen and oxygen atoms in total. The summed E-state index contributed by atoms with van der Waals surface area (Å²) in [5.41, 5.74) is 4.54. The summed E-state index contributed by atoms with van der Waals surface area (Å²) >= 11 is 0. The molecule has 2 N–H and O–H groups in total. The average Bonchev–Trinajstić information content (AvgIpc) is 3.10. The van der Waals surface area contributed by atoms with Crippen LogP contribution in [0.4, 0.5) is 11.6 Å². The molecule has 0 radical (unpaired) electrons. The van der Waals surface area contributed by atoms with Gasteiger partial charge < -0.3 is 10.6 Å². The number of hydrogen-bond donors (Lipinski definition) is 2. The van der Waals surface area contributed by atoms with Gasteiger partial charge in [0.2, 0.25) is 5.95 Å². The Balaban J connectivity index is 1.63. The number of aromatic nitrogens is 6. The lowest BCUT2D eigenvalue weighted by Gasteiger charge is -2.19. The third kappa shape index (κ3) is 3.96. The standard InChI is InChI=1S/C25H30N8O/c1-15(2)32-23(34)19-12-28-24(29-18-7-6-16-8-9-26-11-17(16)10-18)31-22(19)33(32)21-14-27-13-20(30-21)25(3,4)5/h6-7,10,12-15,26H,8-9,11H2,1-5H3,(H,28,29,31). The Hall–Kier alpha value is -3.59. The lowest BCUT2D eigenvalue weighted by Crippen LogP contribution is -2.25. The first-order valence-electron chi connectivity index (χ1n) is 11.6. The van der Waals surface area contributed by atoms with Gasteiger partial charge in [0.05, 0.1) is 11.9 Å². The smallest absolute Gasteiger partial charge is 0.278 e. The molecular weight excluding hydrogens is 428 g/mol. The molecule has 4 heterocycles. The molecular formula is C25H30N8O. The molecule has 0 aliphatic carbocycles. The molecule has 4 aromatic rings. The number of fused-ring (bicyclic) bond motifs is 2. The Bertz CT molecular complexity index is 1430. The summed E-state index contributed by atoms with van der Waals surface area (Å²) in [4.78, 5) is 31.7. The molecule has 1 aliphatic heterocycles. The minimum absolute atomic E-state index is 0.105. The summed E-state index contributed by atoms with van der Waals surface area (Å²) in [6.07, 6.45) is 6.05. The molecule has 0 atom stereocenters. The normalized spacial score (nSPS) is 13.9. The molecule has 0 saturated heterocycles. The molecule has 0 amide bonds. The van der Waals surface area contributed by atoms with E-state index in [1.165, 1.54) is 11.1 Å². The van der Waals surface area contributed by atoms with Crippen LogP contribution in [0, 0.1) is 0 Å². The lowest BCUT2D eigenvalue weighted by molar-refractivity contribution is 0.468. The van der Waals surface area contributed by atoms with Crippen LogP contribution in [0.2, 0.25) is 0 Å². The van der Waals surface area contributed by atoms with Crippen LogP contribution in [0.5, 0.6) is 0 Å². The highest BCUT2D eigenvalue weighted by atomic mass is 16.1. The van der Waals surface area contributed by atoms with E-state index in [2.05, 4.69) is 53.5 Å². The van der Waals surface area contributed by atoms with Gasteiger partial charge in [-0.1, -0.05) is 26.8 Å². The second kappa shape index (κ2) is 8.32. The van der Waals surface area contributed by atoms with Crippen molar-refractivity contribution in [1.29, 1.82) is 0 Å². The van der Waals surface area contributed by atoms with Crippen LogP contribution in [0.25, 0.3) is 16.9 Å². The molecule has 1 aromatic carbocycles. The van der Waals surface area contributed by atoms with Crippen LogP contribution < -0.4 is 16.2 Å². The number of nitrogens with one attached hydrogen (secondary N) is 2. The zero-order valence-corrected chi connectivity index (χ0v) is 20.3. The van der Waals surface area contributed by atoms with Crippen molar-refractivity contribution in [2.24, 2.45) is 0 Å². The van der Waals surface area contributed by atoms with Gasteiger partial charge in [-0.2, -0.15) is 4.98 Å². The summed E-state index contributed by atoms with van der Waals surface area (Å²) in [6, 6.07) is 6.21. The summed E-state index contributed by atoms with van der Waals surface area (Å²) < 4.78 is 3.42. The molecule has 0 fully saturated rings. The number of rotatable bonds is 4. The van der Waals surface area contributed by atoms with E-state index in [0.717, 1.165) is 30.9 Å². The molecule has 0 unspecified atom stereocenters. The Kier molecular flexibility index (Phi) is 5.44. The zero-order chi connectivity index (χ0) is 24.0. The zero-order valence-electron chi connectivity index (χ0n) is 20.3. The van der Waals surface area contributed by atoms with Gasteiger partial charge in [0.1, 0.15) is 5.39 Å². The van der Waals surface area contributed by atoms with Crippen molar-refractivity contribution >= 4 is 22.7 Å². The number of nitrogens with zero attached hydrogens (tertiary/aromatic N) is 6. The highest BCUT2D eigenvalue weighted by molar-refractivity contribution is 5.77. The molecule has 1 aliphatic rings. The quantitative estimate of drug-likeness (QED) is 0.481. The molecule has 9 heteroatoms. The fourth-order valence-corrected chi connectivity index (χ4v) is 4.25. The molecule has 0 bridgehead atoms. The maximum Gasteiger partial charge on any atom is 0.278 e. The van der Waals surface area contributed by atoms with Crippen molar-refractivity contribution in [3.05, 3.63) is 64.0 Å². The third-order valence-corrected chi connectivity index (χ3v) is 6.07. The molecule has 34 heavy (non-hydrogen) atoms. The van der Waals surface area contributed by atoms with Gasteiger partial charge in [0.25, 0.3) is 5.56 Å². The van der Waals surface area contributed by atoms with Gasteiger partial charge >= 0.3 is 0 Å². The predicted octanol–water partition coefficient (Wildman–Crippen LogP) is 3.64. The van der Waals surface area contributed by atoms with E-state index < -0.39 is 0 Å². The van der Waals surface area contributed by atoms with E-state index in [4.69, 9.17) is 9.97 Å². The van der Waals surface area contributed by atoms with E-state index in [1.54, 1.807) is 28.0 Å². The van der Waals surface area contributed by atoms with Crippen LogP contribution >= 0.6 is 0 Å². The van der Waals surface area contributed by atoms with Crippen LogP contribution in [-0.4, -0.2) is 35.8 Å². The van der Waals surface area contributed by atoms with Gasteiger partial charge in [-0.05, 0) is 50.1 Å². The summed E-state index contributed by atoms with van der Waals surface area (Å²) in [7, 11) is 0. The second-order valence-corrected chi connectivity index (χ2v) is 10.0. The van der Waals surface area contributed by atoms with E-state index in [1.807, 2.05) is 19.9 Å². The fourth-order valence-electron chi connectivity index (χ4n) is 4.25. The van der Waals surface area contributed by atoms with Crippen molar-refractivity contribution in [2.45, 2.75) is 59.0 Å². The topological polar surface area (TPSA) is 103 Å². The van der Waals surface area contributed by atoms with Crippen LogP contribution in [0.1, 0.15) is 57.5 Å². The third-order valence-electron chi connectivity index (χ3n) is 6.07. The first-order valence-corrected chi connectivity index (χ1v) is 11.6. The van der Waals surface area contributed by atoms with E-state index in [9.17, 15) is 4.79 Å². The summed E-state index contributed by atoms with van der Waals surface area (Å²) in [6.45, 7) is 12.0. The van der Waals surface area contributed by atoms with Gasteiger partial charge in [0, 0.05) is 36.1 Å². The monoisotopic (exact) mass is 458 g/mol. The summed E-state index contributed by atoms with van der Waals surface area (Å²) in [5, 5.41) is 7.15. The van der Waals surface area contributed by atoms with Crippen molar-refractivity contribution < 1.29 is 0 Å². The molecule has 0 spiro atoms. The SMILES string of the molecule is CC(C)n1c(=O)c2cnc(Nc3ccc4c(c3)CNCC4)nc2n1-c1cncc(C(C)(C)C)n1. The van der Waals surface area contributed by atoms with E-state index in [-0.39, 0.29) is 17.0 Å². The van der Waals surface area contributed by atoms with Crippen molar-refractivity contribution in [3.8, 4) is 5.82 Å². The summed E-state index contributed by atoms with van der Waals surface area (Å²) in [5.74, 6) is 0.976. The van der Waals surface area contributed by atoms with Gasteiger partial charge in [-0.3, -0.25) is 9.78 Å². The maximum absolute atomic E-state index is 13.3. The van der Waals surface area contributed by atoms with E-state index >= 15 is 0 Å². The average molecular weight is 459 g/mol. The molecule has 176 valence electrons. The number of hydrogen-bond acceptors (Lipinski definition) is 7. The maximum atomic E-state index is 13.3. The highest BCUT2D eigenvalue weighted by Crippen LogP contribution is 2.24. The Morgan fingerprint density at radius 2 is 1.91 bits per heavy atom. The predicted molar refractivity (Wildman–Crippen MR) is 133 cm³/mol. The minimum Gasteiger partial charge on any atom is -0.324 e. The van der Waals surface area contributed by atoms with E-state index in [0.29, 0.717) is 22.8 Å². The largest absolute Gasteiger partial charge is 0.324 e. The second-order valence-electron chi connectivity index (χ2n) is 10.0. The van der Waals surface area contributed by atoms with Crippen LogP contribution in [0.3, 0.4) is 0 Å². The Morgan fingerprint density at radius 1 is 1.09 bits per heavy atom. The van der Waals surface area contributed by atoms with Gasteiger partial charge in [-0.15, -0.1) is 0 Å². The molecule has 5 rings (SSSR count). The van der Waals surface area contributed by atoms with Crippen molar-refractivity contribution in [3.63, 3.8) is 0 Å². The first kappa shape index (κ1) is 22.2. The van der Waals surface area contributed by atoms with Crippen molar-refractivity contribution in [2.75, 3.05) is 11.9 Å². The van der Waals surface area contributed by atoms with Crippen LogP contribution in [0.15, 0.2) is 41.6 Å². The minimum atomic E-state index is -0.183. The first-order chi connectivity index (χ1) is 16.2. The van der Waals surface area contributed by atoms with Gasteiger partial charge in [-0.25, -0.2) is 19.3 Å². The Labute approximate surface area is 198 Å². The molecule has 0 saturated carbocycles. The Morgan fingerprint density at radius 3 is 2.68 bits per heavy atom. The highest BCUT2D eigenvalue weighted by Gasteiger charge is 2.23. The number of anilines is 2.